The zero-order chi connectivity index (χ0) is 8.55. The van der Waals surface area contributed by atoms with Gasteiger partial charge in [0.05, 0.1) is 0 Å². The van der Waals surface area contributed by atoms with Crippen molar-refractivity contribution < 1.29 is 4.79 Å². The van der Waals surface area contributed by atoms with E-state index in [-0.39, 0.29) is 0 Å². The highest BCUT2D eigenvalue weighted by atomic mass is 16.2. The second kappa shape index (κ2) is 3.05. The summed E-state index contributed by atoms with van der Waals surface area (Å²) in [6.45, 7) is 1.58. The molecule has 12 heavy (non-hydrogen) atoms. The average Bonchev–Trinajstić information content (AvgIpc) is 2.29. The van der Waals surface area contributed by atoms with Gasteiger partial charge in [0.1, 0.15) is 0 Å². The number of nitrogens with zero attached hydrogens (tertiary/aromatic N) is 1. The van der Waals surface area contributed by atoms with Crippen molar-refractivity contribution in [1.29, 1.82) is 0 Å². The van der Waals surface area contributed by atoms with Crippen LogP contribution in [0.15, 0.2) is 0 Å². The maximum absolute atomic E-state index is 11.4. The fourth-order valence-electron chi connectivity index (χ4n) is 2.02. The Morgan fingerprint density at radius 1 is 1.50 bits per heavy atom. The Morgan fingerprint density at radius 3 is 2.67 bits per heavy atom. The Labute approximate surface area is 72.9 Å². The fraction of sp³-hybridized carbons (Fsp3) is 0.889. The molecule has 0 aromatic carbocycles. The van der Waals surface area contributed by atoms with Gasteiger partial charge in [-0.25, -0.2) is 0 Å². The summed E-state index contributed by atoms with van der Waals surface area (Å²) < 4.78 is 0. The van der Waals surface area contributed by atoms with Gasteiger partial charge in [-0.15, -0.1) is 0 Å². The first-order valence-electron chi connectivity index (χ1n) is 4.81. The summed E-state index contributed by atoms with van der Waals surface area (Å²) in [5.41, 5.74) is 5.54. The molecule has 1 saturated heterocycles. The highest BCUT2D eigenvalue weighted by Gasteiger charge is 2.35. The van der Waals surface area contributed by atoms with Crippen molar-refractivity contribution in [3.05, 3.63) is 0 Å². The lowest BCUT2D eigenvalue weighted by Crippen LogP contribution is -2.41. The van der Waals surface area contributed by atoms with Crippen LogP contribution in [0, 0.1) is 5.92 Å². The van der Waals surface area contributed by atoms with E-state index in [2.05, 4.69) is 0 Å². The van der Waals surface area contributed by atoms with E-state index in [0.717, 1.165) is 6.54 Å². The first-order valence-corrected chi connectivity index (χ1v) is 4.81. The Kier molecular flexibility index (Phi) is 2.05. The van der Waals surface area contributed by atoms with Crippen molar-refractivity contribution >= 4 is 5.91 Å². The van der Waals surface area contributed by atoms with Crippen molar-refractivity contribution in [3.63, 3.8) is 0 Å². The summed E-state index contributed by atoms with van der Waals surface area (Å²) in [6, 6.07) is 0.564. The predicted molar refractivity (Wildman–Crippen MR) is 46.5 cm³/mol. The number of carbonyl (C=O) groups excluding carboxylic acids is 1. The maximum Gasteiger partial charge on any atom is 0.223 e. The van der Waals surface area contributed by atoms with E-state index in [1.807, 2.05) is 4.90 Å². The van der Waals surface area contributed by atoms with Gasteiger partial charge in [0.15, 0.2) is 0 Å². The van der Waals surface area contributed by atoms with Crippen LogP contribution in [0.5, 0.6) is 0 Å². The van der Waals surface area contributed by atoms with Crippen LogP contribution in [0.3, 0.4) is 0 Å². The molecule has 1 amide bonds. The monoisotopic (exact) mass is 168 g/mol. The number of amides is 1. The summed E-state index contributed by atoms with van der Waals surface area (Å²) in [7, 11) is 0. The molecule has 0 radical (unpaired) electrons. The SMILES string of the molecule is NCC1CC(=O)N(C2CCC2)C1. The van der Waals surface area contributed by atoms with Gasteiger partial charge in [-0.05, 0) is 31.7 Å². The molecule has 3 heteroatoms. The molecule has 0 bridgehead atoms. The fourth-order valence-corrected chi connectivity index (χ4v) is 2.02. The van der Waals surface area contributed by atoms with E-state index in [9.17, 15) is 4.79 Å². The number of hydrogen-bond donors (Lipinski definition) is 1. The predicted octanol–water partition coefficient (Wildman–Crippen LogP) is 0.346. The van der Waals surface area contributed by atoms with Gasteiger partial charge < -0.3 is 10.6 Å². The second-order valence-electron chi connectivity index (χ2n) is 3.94. The number of nitrogens with two attached hydrogens (primary N) is 1. The molecule has 1 saturated carbocycles. The van der Waals surface area contributed by atoms with Crippen LogP contribution in [-0.4, -0.2) is 29.9 Å². The summed E-state index contributed by atoms with van der Waals surface area (Å²) in [6.07, 6.45) is 4.40. The smallest absolute Gasteiger partial charge is 0.223 e. The van der Waals surface area contributed by atoms with E-state index in [0.29, 0.717) is 30.8 Å². The van der Waals surface area contributed by atoms with Gasteiger partial charge in [-0.1, -0.05) is 0 Å². The Balaban J connectivity index is 1.93. The molecule has 2 aliphatic rings. The maximum atomic E-state index is 11.4. The zero-order valence-electron chi connectivity index (χ0n) is 7.33. The average molecular weight is 168 g/mol. The largest absolute Gasteiger partial charge is 0.339 e. The van der Waals surface area contributed by atoms with Crippen molar-refractivity contribution in [3.8, 4) is 0 Å². The van der Waals surface area contributed by atoms with Gasteiger partial charge in [0.2, 0.25) is 5.91 Å². The van der Waals surface area contributed by atoms with Crippen LogP contribution < -0.4 is 5.73 Å². The van der Waals surface area contributed by atoms with E-state index in [1.165, 1.54) is 19.3 Å². The lowest BCUT2D eigenvalue weighted by molar-refractivity contribution is -0.131. The molecule has 2 N–H and O–H groups in total. The summed E-state index contributed by atoms with van der Waals surface area (Å²) in [5.74, 6) is 0.758. The standard InChI is InChI=1S/C9H16N2O/c10-5-7-4-9(12)11(6-7)8-2-1-3-8/h7-8H,1-6,10H2. The van der Waals surface area contributed by atoms with Crippen molar-refractivity contribution in [2.45, 2.75) is 31.7 Å². The summed E-state index contributed by atoms with van der Waals surface area (Å²) in [5, 5.41) is 0. The number of rotatable bonds is 2. The molecule has 3 nitrogen and oxygen atoms in total. The quantitative estimate of drug-likeness (QED) is 0.646. The first-order chi connectivity index (χ1) is 5.81. The Bertz CT molecular complexity index is 189. The summed E-state index contributed by atoms with van der Waals surface area (Å²) in [4.78, 5) is 13.5. The summed E-state index contributed by atoms with van der Waals surface area (Å²) >= 11 is 0. The lowest BCUT2D eigenvalue weighted by atomic mass is 9.92. The highest BCUT2D eigenvalue weighted by Crippen LogP contribution is 2.30. The van der Waals surface area contributed by atoms with E-state index in [1.54, 1.807) is 0 Å². The molecule has 0 spiro atoms. The van der Waals surface area contributed by atoms with Crippen LogP contribution in [-0.2, 0) is 4.79 Å². The molecular weight excluding hydrogens is 152 g/mol. The van der Waals surface area contributed by atoms with Crippen molar-refractivity contribution in [2.24, 2.45) is 11.7 Å². The third-order valence-electron chi connectivity index (χ3n) is 3.09. The van der Waals surface area contributed by atoms with Crippen LogP contribution in [0.25, 0.3) is 0 Å². The Morgan fingerprint density at radius 2 is 2.25 bits per heavy atom. The van der Waals surface area contributed by atoms with Crippen LogP contribution in [0.4, 0.5) is 0 Å². The molecule has 1 aliphatic carbocycles. The van der Waals surface area contributed by atoms with Gasteiger partial charge >= 0.3 is 0 Å². The van der Waals surface area contributed by atoms with Gasteiger partial charge in [0.25, 0.3) is 0 Å². The van der Waals surface area contributed by atoms with E-state index < -0.39 is 0 Å². The van der Waals surface area contributed by atoms with Gasteiger partial charge in [-0.2, -0.15) is 0 Å². The minimum absolute atomic E-state index is 0.329. The van der Waals surface area contributed by atoms with Gasteiger partial charge in [0, 0.05) is 19.0 Å². The van der Waals surface area contributed by atoms with E-state index >= 15 is 0 Å². The van der Waals surface area contributed by atoms with Gasteiger partial charge in [-0.3, -0.25) is 4.79 Å². The molecular formula is C9H16N2O. The zero-order valence-corrected chi connectivity index (χ0v) is 7.33. The van der Waals surface area contributed by atoms with E-state index in [4.69, 9.17) is 5.73 Å². The third-order valence-corrected chi connectivity index (χ3v) is 3.09. The normalized spacial score (nSPS) is 30.9. The molecule has 0 aromatic heterocycles. The molecule has 2 fully saturated rings. The number of likely N-dealkylation sites (tertiary alicyclic amines) is 1. The number of carbonyl (C=O) groups is 1. The van der Waals surface area contributed by atoms with Crippen LogP contribution >= 0.6 is 0 Å². The van der Waals surface area contributed by atoms with Crippen LogP contribution in [0.1, 0.15) is 25.7 Å². The second-order valence-corrected chi connectivity index (χ2v) is 3.94. The molecule has 1 atom stereocenters. The number of hydrogen-bond acceptors (Lipinski definition) is 2. The minimum Gasteiger partial charge on any atom is -0.339 e. The molecule has 68 valence electrons. The molecule has 0 aromatic rings. The molecule has 1 unspecified atom stereocenters. The van der Waals surface area contributed by atoms with Crippen LogP contribution in [0.2, 0.25) is 0 Å². The van der Waals surface area contributed by atoms with Crippen molar-refractivity contribution in [2.75, 3.05) is 13.1 Å². The molecule has 2 rings (SSSR count). The first kappa shape index (κ1) is 8.05. The third kappa shape index (κ3) is 1.22. The molecule has 1 heterocycles. The lowest BCUT2D eigenvalue weighted by Gasteiger charge is -2.34. The molecule has 1 aliphatic heterocycles. The van der Waals surface area contributed by atoms with Crippen molar-refractivity contribution in [1.82, 2.24) is 4.90 Å². The topological polar surface area (TPSA) is 46.3 Å². The minimum atomic E-state index is 0.329. The highest BCUT2D eigenvalue weighted by molar-refractivity contribution is 5.79. The Hall–Kier alpha value is -0.570.